The fourth-order valence-electron chi connectivity index (χ4n) is 3.27. The van der Waals surface area contributed by atoms with Crippen LogP contribution in [0.1, 0.15) is 61.0 Å². The van der Waals surface area contributed by atoms with Gasteiger partial charge in [-0.25, -0.2) is 4.98 Å². The van der Waals surface area contributed by atoms with Gasteiger partial charge in [-0.1, -0.05) is 42.0 Å². The molecule has 0 fully saturated rings. The van der Waals surface area contributed by atoms with Gasteiger partial charge in [-0.15, -0.1) is 0 Å². The number of hydrogen-bond donors (Lipinski definition) is 2. The van der Waals surface area contributed by atoms with Crippen LogP contribution in [0.2, 0.25) is 0 Å². The van der Waals surface area contributed by atoms with Gasteiger partial charge < -0.3 is 10.6 Å². The first-order valence-electron chi connectivity index (χ1n) is 9.46. The van der Waals surface area contributed by atoms with Gasteiger partial charge in [0.05, 0.1) is 0 Å². The van der Waals surface area contributed by atoms with Crippen molar-refractivity contribution in [2.75, 3.05) is 11.9 Å². The van der Waals surface area contributed by atoms with Crippen molar-refractivity contribution >= 4 is 11.7 Å². The number of aromatic nitrogens is 1. The van der Waals surface area contributed by atoms with E-state index in [2.05, 4.69) is 40.8 Å². The van der Waals surface area contributed by atoms with E-state index in [0.717, 1.165) is 6.42 Å². The molecular weight excluding hydrogens is 322 g/mol. The molecule has 1 aromatic heterocycles. The lowest BCUT2D eigenvalue weighted by atomic mass is 9.97. The maximum absolute atomic E-state index is 12.4. The second-order valence-electron chi connectivity index (χ2n) is 6.82. The molecule has 0 saturated carbocycles. The molecule has 0 aliphatic heterocycles. The Morgan fingerprint density at radius 1 is 1.19 bits per heavy atom. The highest BCUT2D eigenvalue weighted by atomic mass is 16.1. The molecule has 0 saturated heterocycles. The molecule has 1 amide bonds. The lowest BCUT2D eigenvalue weighted by molar-refractivity contribution is 0.0954. The largest absolute Gasteiger partial charge is 0.364 e. The van der Waals surface area contributed by atoms with Gasteiger partial charge in [0.15, 0.2) is 0 Å². The van der Waals surface area contributed by atoms with Crippen LogP contribution < -0.4 is 10.6 Å². The minimum Gasteiger partial charge on any atom is -0.364 e. The van der Waals surface area contributed by atoms with E-state index in [-0.39, 0.29) is 11.9 Å². The molecule has 0 spiro atoms. The third-order valence-electron chi connectivity index (χ3n) is 4.80. The van der Waals surface area contributed by atoms with E-state index in [9.17, 15) is 4.79 Å². The number of amides is 1. The molecule has 2 N–H and O–H groups in total. The third-order valence-corrected chi connectivity index (χ3v) is 4.80. The summed E-state index contributed by atoms with van der Waals surface area (Å²) in [6.07, 6.45) is 9.89. The van der Waals surface area contributed by atoms with Crippen molar-refractivity contribution in [3.05, 3.63) is 71.4 Å². The summed E-state index contributed by atoms with van der Waals surface area (Å²) < 4.78 is 0. The van der Waals surface area contributed by atoms with Crippen molar-refractivity contribution in [3.8, 4) is 0 Å². The van der Waals surface area contributed by atoms with Gasteiger partial charge in [-0.3, -0.25) is 4.79 Å². The van der Waals surface area contributed by atoms with E-state index in [1.54, 1.807) is 12.3 Å². The van der Waals surface area contributed by atoms with Crippen molar-refractivity contribution in [1.82, 2.24) is 10.3 Å². The van der Waals surface area contributed by atoms with Crippen molar-refractivity contribution in [1.29, 1.82) is 0 Å². The molecule has 1 aliphatic rings. The van der Waals surface area contributed by atoms with Crippen LogP contribution in [0.4, 0.5) is 5.82 Å². The maximum atomic E-state index is 12.4. The van der Waals surface area contributed by atoms with Gasteiger partial charge in [-0.05, 0) is 56.7 Å². The fourth-order valence-corrected chi connectivity index (χ4v) is 3.27. The first-order chi connectivity index (χ1) is 12.7. The summed E-state index contributed by atoms with van der Waals surface area (Å²) in [6.45, 7) is 2.78. The maximum Gasteiger partial charge on any atom is 0.251 e. The number of pyridine rings is 1. The molecule has 2 aromatic rings. The van der Waals surface area contributed by atoms with Gasteiger partial charge >= 0.3 is 0 Å². The van der Waals surface area contributed by atoms with Crippen LogP contribution in [0, 0.1) is 0 Å². The SMILES string of the molecule is CC(Nc1cc(C(=O)NCCC2=CCCCC2)ccn1)c1ccccc1. The molecule has 1 unspecified atom stereocenters. The van der Waals surface area contributed by atoms with Crippen molar-refractivity contribution in [2.24, 2.45) is 0 Å². The molecule has 1 atom stereocenters. The number of rotatable bonds is 7. The average molecular weight is 349 g/mol. The minimum absolute atomic E-state index is 0.0424. The summed E-state index contributed by atoms with van der Waals surface area (Å²) in [4.78, 5) is 16.7. The standard InChI is InChI=1S/C22H27N3O/c1-17(19-10-6-3-7-11-19)25-21-16-20(13-15-23-21)22(26)24-14-12-18-8-4-2-5-9-18/h3,6-8,10-11,13,15-17H,2,4-5,9,12,14H2,1H3,(H,23,25)(H,24,26). The highest BCUT2D eigenvalue weighted by molar-refractivity contribution is 5.94. The Labute approximate surface area is 155 Å². The molecule has 0 radical (unpaired) electrons. The smallest absolute Gasteiger partial charge is 0.251 e. The molecule has 0 bridgehead atoms. The Hall–Kier alpha value is -2.62. The average Bonchev–Trinajstić information content (AvgIpc) is 2.69. The van der Waals surface area contributed by atoms with Gasteiger partial charge in [0.25, 0.3) is 5.91 Å². The van der Waals surface area contributed by atoms with Gasteiger partial charge in [0, 0.05) is 24.3 Å². The summed E-state index contributed by atoms with van der Waals surface area (Å²) in [7, 11) is 0. The molecule has 3 rings (SSSR count). The molecule has 1 aliphatic carbocycles. The van der Waals surface area contributed by atoms with Crippen LogP contribution in [0.5, 0.6) is 0 Å². The second kappa shape index (κ2) is 9.18. The predicted octanol–water partition coefficient (Wildman–Crippen LogP) is 4.88. The van der Waals surface area contributed by atoms with E-state index in [1.165, 1.54) is 36.8 Å². The number of allylic oxidation sites excluding steroid dienone is 1. The number of anilines is 1. The highest BCUT2D eigenvalue weighted by Crippen LogP contribution is 2.20. The van der Waals surface area contributed by atoms with Gasteiger partial charge in [0.2, 0.25) is 0 Å². The Morgan fingerprint density at radius 2 is 2.04 bits per heavy atom. The monoisotopic (exact) mass is 349 g/mol. The first kappa shape index (κ1) is 18.2. The van der Waals surface area contributed by atoms with Crippen LogP contribution in [0.15, 0.2) is 60.3 Å². The second-order valence-corrected chi connectivity index (χ2v) is 6.82. The van der Waals surface area contributed by atoms with Crippen LogP contribution in [0.3, 0.4) is 0 Å². The summed E-state index contributed by atoms with van der Waals surface area (Å²) in [5.74, 6) is 0.670. The predicted molar refractivity (Wildman–Crippen MR) is 106 cm³/mol. The zero-order valence-electron chi connectivity index (χ0n) is 15.4. The summed E-state index contributed by atoms with van der Waals surface area (Å²) in [5.41, 5.74) is 3.30. The number of nitrogens with zero attached hydrogens (tertiary/aromatic N) is 1. The zero-order chi connectivity index (χ0) is 18.2. The number of benzene rings is 1. The summed E-state index contributed by atoms with van der Waals surface area (Å²) >= 11 is 0. The lowest BCUT2D eigenvalue weighted by Gasteiger charge is -2.15. The number of carbonyl (C=O) groups excluding carboxylic acids is 1. The molecule has 26 heavy (non-hydrogen) atoms. The van der Waals surface area contributed by atoms with E-state index in [4.69, 9.17) is 0 Å². The van der Waals surface area contributed by atoms with Crippen molar-refractivity contribution < 1.29 is 4.79 Å². The van der Waals surface area contributed by atoms with Crippen LogP contribution >= 0.6 is 0 Å². The van der Waals surface area contributed by atoms with E-state index in [0.29, 0.717) is 17.9 Å². The number of carbonyl (C=O) groups is 1. The van der Waals surface area contributed by atoms with E-state index in [1.807, 2.05) is 24.3 Å². The fraction of sp³-hybridized carbons (Fsp3) is 0.364. The molecule has 1 heterocycles. The van der Waals surface area contributed by atoms with Crippen molar-refractivity contribution in [2.45, 2.75) is 45.1 Å². The van der Waals surface area contributed by atoms with E-state index >= 15 is 0 Å². The van der Waals surface area contributed by atoms with Crippen molar-refractivity contribution in [3.63, 3.8) is 0 Å². The minimum atomic E-state index is -0.0424. The Balaban J connectivity index is 1.54. The topological polar surface area (TPSA) is 54.0 Å². The number of hydrogen-bond acceptors (Lipinski definition) is 3. The van der Waals surface area contributed by atoms with E-state index < -0.39 is 0 Å². The normalized spacial score (nSPS) is 15.0. The quantitative estimate of drug-likeness (QED) is 0.701. The van der Waals surface area contributed by atoms with Crippen LogP contribution in [-0.2, 0) is 0 Å². The van der Waals surface area contributed by atoms with Gasteiger partial charge in [-0.2, -0.15) is 0 Å². The molecule has 1 aromatic carbocycles. The molecular formula is C22H27N3O. The number of nitrogens with one attached hydrogen (secondary N) is 2. The lowest BCUT2D eigenvalue weighted by Crippen LogP contribution is -2.25. The molecule has 136 valence electrons. The summed E-state index contributed by atoms with van der Waals surface area (Å²) in [5, 5.41) is 6.38. The van der Waals surface area contributed by atoms with Gasteiger partial charge in [0.1, 0.15) is 5.82 Å². The van der Waals surface area contributed by atoms with Crippen LogP contribution in [-0.4, -0.2) is 17.4 Å². The van der Waals surface area contributed by atoms with Crippen LogP contribution in [0.25, 0.3) is 0 Å². The molecule has 4 heteroatoms. The molecule has 4 nitrogen and oxygen atoms in total. The summed E-state index contributed by atoms with van der Waals surface area (Å²) in [6, 6.07) is 13.9. The highest BCUT2D eigenvalue weighted by Gasteiger charge is 2.10. The Bertz CT molecular complexity index is 755. The zero-order valence-corrected chi connectivity index (χ0v) is 15.4. The Morgan fingerprint density at radius 3 is 2.81 bits per heavy atom. The third kappa shape index (κ3) is 5.19. The Kier molecular flexibility index (Phi) is 6.42. The first-order valence-corrected chi connectivity index (χ1v) is 9.46.